The molecule has 0 spiro atoms. The van der Waals surface area contributed by atoms with Gasteiger partial charge in [-0.15, -0.1) is 6.58 Å². The number of carbonyl (C=O) groups excluding carboxylic acids is 1. The number of para-hydroxylation sites is 3. The van der Waals surface area contributed by atoms with E-state index >= 15 is 0 Å². The molecule has 3 aromatic carbocycles. The van der Waals surface area contributed by atoms with Gasteiger partial charge in [-0.25, -0.2) is 4.98 Å². The Balaban J connectivity index is 1.23. The van der Waals surface area contributed by atoms with Crippen molar-refractivity contribution < 1.29 is 9.53 Å². The van der Waals surface area contributed by atoms with Gasteiger partial charge in [0.1, 0.15) is 11.6 Å². The summed E-state index contributed by atoms with van der Waals surface area (Å²) in [6.45, 7) is 6.02. The molecule has 1 heterocycles. The highest BCUT2D eigenvalue weighted by Crippen LogP contribution is 2.21. The van der Waals surface area contributed by atoms with E-state index in [1.54, 1.807) is 0 Å². The molecule has 0 aliphatic heterocycles. The number of amides is 1. The van der Waals surface area contributed by atoms with Crippen LogP contribution in [0.3, 0.4) is 0 Å². The highest BCUT2D eigenvalue weighted by Gasteiger charge is 2.11. The normalized spacial score (nSPS) is 11.0. The second-order valence-electron chi connectivity index (χ2n) is 9.40. The van der Waals surface area contributed by atoms with Gasteiger partial charge in [0.2, 0.25) is 5.91 Å². The first-order chi connectivity index (χ1) is 18.7. The minimum Gasteiger partial charge on any atom is -0.493 e. The van der Waals surface area contributed by atoms with Crippen molar-refractivity contribution in [1.82, 2.24) is 14.9 Å². The SMILES string of the molecule is C=CCc1ccccc1OCCCn1c(CCCCCNC(=O)Cc2ccccc2Cl)nc2ccccc21. The molecular weight excluding hydrogens is 494 g/mol. The van der Waals surface area contributed by atoms with E-state index in [9.17, 15) is 4.79 Å². The van der Waals surface area contributed by atoms with Crippen LogP contribution in [0.1, 0.15) is 42.6 Å². The Morgan fingerprint density at radius 3 is 2.55 bits per heavy atom. The average molecular weight is 530 g/mol. The largest absolute Gasteiger partial charge is 0.493 e. The van der Waals surface area contributed by atoms with Crippen molar-refractivity contribution in [2.24, 2.45) is 0 Å². The number of rotatable bonds is 15. The summed E-state index contributed by atoms with van der Waals surface area (Å²) in [5.41, 5.74) is 4.22. The molecule has 6 heteroatoms. The van der Waals surface area contributed by atoms with E-state index < -0.39 is 0 Å². The summed E-state index contributed by atoms with van der Waals surface area (Å²) in [7, 11) is 0. The molecule has 1 aromatic heterocycles. The van der Waals surface area contributed by atoms with E-state index in [0.717, 1.165) is 73.3 Å². The van der Waals surface area contributed by atoms with Gasteiger partial charge in [-0.05, 0) is 61.1 Å². The molecule has 0 aliphatic rings. The Kier molecular flexibility index (Phi) is 10.4. The van der Waals surface area contributed by atoms with Gasteiger partial charge in [0.05, 0.1) is 24.1 Å². The lowest BCUT2D eigenvalue weighted by Gasteiger charge is -2.12. The summed E-state index contributed by atoms with van der Waals surface area (Å²) in [6, 6.07) is 23.9. The van der Waals surface area contributed by atoms with Crippen LogP contribution < -0.4 is 10.1 Å². The standard InChI is InChI=1S/C32H36ClN3O2/c1-2-13-25-14-6-10-19-30(25)38-23-12-22-36-29-18-9-8-17-28(29)35-31(36)20-4-3-11-21-34-32(37)24-26-15-5-7-16-27(26)33/h2,5-10,14-19H,1,3-4,11-13,20-24H2,(H,34,37). The van der Waals surface area contributed by atoms with Gasteiger partial charge in [-0.1, -0.05) is 72.6 Å². The number of fused-ring (bicyclic) bond motifs is 1. The van der Waals surface area contributed by atoms with Crippen LogP contribution in [0.4, 0.5) is 0 Å². The summed E-state index contributed by atoms with van der Waals surface area (Å²) in [4.78, 5) is 17.2. The van der Waals surface area contributed by atoms with Gasteiger partial charge in [-0.2, -0.15) is 0 Å². The first kappa shape index (κ1) is 27.5. The van der Waals surface area contributed by atoms with E-state index in [0.29, 0.717) is 24.6 Å². The van der Waals surface area contributed by atoms with E-state index in [2.05, 4.69) is 40.7 Å². The summed E-state index contributed by atoms with van der Waals surface area (Å²) < 4.78 is 8.44. The van der Waals surface area contributed by atoms with Crippen LogP contribution >= 0.6 is 11.6 Å². The predicted molar refractivity (Wildman–Crippen MR) is 156 cm³/mol. The molecule has 0 saturated heterocycles. The molecule has 0 bridgehead atoms. The fourth-order valence-corrected chi connectivity index (χ4v) is 4.83. The van der Waals surface area contributed by atoms with Crippen LogP contribution in [0, 0.1) is 0 Å². The molecule has 0 fully saturated rings. The Labute approximate surface area is 230 Å². The first-order valence-electron chi connectivity index (χ1n) is 13.4. The van der Waals surface area contributed by atoms with Crippen LogP contribution in [0.25, 0.3) is 11.0 Å². The van der Waals surface area contributed by atoms with Crippen LogP contribution in [-0.4, -0.2) is 28.6 Å². The Morgan fingerprint density at radius 2 is 1.71 bits per heavy atom. The van der Waals surface area contributed by atoms with Crippen molar-refractivity contribution in [1.29, 1.82) is 0 Å². The quantitative estimate of drug-likeness (QED) is 0.134. The zero-order valence-electron chi connectivity index (χ0n) is 21.9. The molecule has 0 atom stereocenters. The number of carbonyl (C=O) groups is 1. The second kappa shape index (κ2) is 14.4. The molecule has 0 unspecified atom stereocenters. The van der Waals surface area contributed by atoms with Gasteiger partial charge in [0.25, 0.3) is 0 Å². The monoisotopic (exact) mass is 529 g/mol. The molecular formula is C32H36ClN3O2. The summed E-state index contributed by atoms with van der Waals surface area (Å²) >= 11 is 6.16. The maximum Gasteiger partial charge on any atom is 0.224 e. The average Bonchev–Trinajstić information content (AvgIpc) is 3.28. The molecule has 4 rings (SSSR count). The van der Waals surface area contributed by atoms with E-state index in [-0.39, 0.29) is 5.91 Å². The number of allylic oxidation sites excluding steroid dienone is 1. The molecule has 0 saturated carbocycles. The number of imidazole rings is 1. The van der Waals surface area contributed by atoms with Gasteiger partial charge in [0, 0.05) is 24.5 Å². The Hall–Kier alpha value is -3.57. The third-order valence-corrected chi connectivity index (χ3v) is 6.93. The lowest BCUT2D eigenvalue weighted by Crippen LogP contribution is -2.26. The second-order valence-corrected chi connectivity index (χ2v) is 9.81. The number of nitrogens with zero attached hydrogens (tertiary/aromatic N) is 2. The smallest absolute Gasteiger partial charge is 0.224 e. The summed E-state index contributed by atoms with van der Waals surface area (Å²) in [5, 5.41) is 3.65. The molecule has 198 valence electrons. The first-order valence-corrected chi connectivity index (χ1v) is 13.8. The predicted octanol–water partition coefficient (Wildman–Crippen LogP) is 6.96. The molecule has 1 N–H and O–H groups in total. The molecule has 1 amide bonds. The molecule has 5 nitrogen and oxygen atoms in total. The minimum atomic E-state index is 0.00854. The molecule has 0 radical (unpaired) electrons. The zero-order chi connectivity index (χ0) is 26.6. The molecule has 4 aromatic rings. The number of aromatic nitrogens is 2. The van der Waals surface area contributed by atoms with Gasteiger partial charge in [0.15, 0.2) is 0 Å². The highest BCUT2D eigenvalue weighted by atomic mass is 35.5. The van der Waals surface area contributed by atoms with Gasteiger partial charge < -0.3 is 14.6 Å². The molecule has 38 heavy (non-hydrogen) atoms. The third kappa shape index (κ3) is 7.72. The summed E-state index contributed by atoms with van der Waals surface area (Å²) in [5.74, 6) is 2.05. The van der Waals surface area contributed by atoms with Crippen molar-refractivity contribution in [3.05, 3.63) is 107 Å². The van der Waals surface area contributed by atoms with Crippen LogP contribution in [-0.2, 0) is 30.6 Å². The van der Waals surface area contributed by atoms with Crippen molar-refractivity contribution in [2.75, 3.05) is 13.2 Å². The van der Waals surface area contributed by atoms with Crippen LogP contribution in [0.5, 0.6) is 5.75 Å². The molecule has 0 aliphatic carbocycles. The third-order valence-electron chi connectivity index (χ3n) is 6.56. The number of unbranched alkanes of at least 4 members (excludes halogenated alkanes) is 2. The summed E-state index contributed by atoms with van der Waals surface area (Å²) in [6.07, 6.45) is 7.81. The number of hydrogen-bond donors (Lipinski definition) is 1. The number of aryl methyl sites for hydroxylation is 2. The van der Waals surface area contributed by atoms with Gasteiger partial charge in [-0.3, -0.25) is 4.79 Å². The van der Waals surface area contributed by atoms with E-state index in [1.807, 2.05) is 54.6 Å². The number of nitrogens with one attached hydrogen (secondary N) is 1. The van der Waals surface area contributed by atoms with Crippen LogP contribution in [0.15, 0.2) is 85.5 Å². The zero-order valence-corrected chi connectivity index (χ0v) is 22.6. The number of halogens is 1. The van der Waals surface area contributed by atoms with Crippen molar-refractivity contribution in [3.63, 3.8) is 0 Å². The van der Waals surface area contributed by atoms with Crippen molar-refractivity contribution in [3.8, 4) is 5.75 Å². The van der Waals surface area contributed by atoms with E-state index in [1.165, 1.54) is 5.52 Å². The Bertz CT molecular complexity index is 1350. The van der Waals surface area contributed by atoms with Crippen molar-refractivity contribution >= 4 is 28.5 Å². The number of hydrogen-bond acceptors (Lipinski definition) is 3. The maximum atomic E-state index is 12.2. The minimum absolute atomic E-state index is 0.00854. The van der Waals surface area contributed by atoms with Crippen molar-refractivity contribution in [2.45, 2.75) is 51.5 Å². The number of benzene rings is 3. The van der Waals surface area contributed by atoms with Crippen LogP contribution in [0.2, 0.25) is 5.02 Å². The maximum absolute atomic E-state index is 12.2. The highest BCUT2D eigenvalue weighted by molar-refractivity contribution is 6.31. The van der Waals surface area contributed by atoms with Gasteiger partial charge >= 0.3 is 0 Å². The van der Waals surface area contributed by atoms with E-state index in [4.69, 9.17) is 21.3 Å². The Morgan fingerprint density at radius 1 is 0.947 bits per heavy atom. The topological polar surface area (TPSA) is 56.1 Å². The number of ether oxygens (including phenoxy) is 1. The fraction of sp³-hybridized carbons (Fsp3) is 0.312. The fourth-order valence-electron chi connectivity index (χ4n) is 4.63. The lowest BCUT2D eigenvalue weighted by molar-refractivity contribution is -0.120. The lowest BCUT2D eigenvalue weighted by atomic mass is 10.1.